The molecule has 0 heterocycles. The fourth-order valence-corrected chi connectivity index (χ4v) is 2.56. The Labute approximate surface area is 127 Å². The number of nitrogens with two attached hydrogens (primary N) is 1. The van der Waals surface area contributed by atoms with E-state index in [9.17, 15) is 13.2 Å². The zero-order chi connectivity index (χ0) is 16.0. The number of nitrogens with one attached hydrogen (secondary N) is 1. The molecule has 0 saturated carbocycles. The number of hydrazone groups is 1. The number of hydrogen-bond donors (Lipinski definition) is 2. The van der Waals surface area contributed by atoms with Crippen LogP contribution in [-0.4, -0.2) is 20.7 Å². The van der Waals surface area contributed by atoms with Gasteiger partial charge < -0.3 is 9.92 Å². The summed E-state index contributed by atoms with van der Waals surface area (Å²) >= 11 is 0. The fraction of sp³-hybridized carbons (Fsp3) is 0. The van der Waals surface area contributed by atoms with Gasteiger partial charge in [-0.1, -0.05) is 30.3 Å². The van der Waals surface area contributed by atoms with Crippen LogP contribution in [0, 0.1) is 0 Å². The van der Waals surface area contributed by atoms with E-state index in [2.05, 4.69) is 5.10 Å². The van der Waals surface area contributed by atoms with Crippen molar-refractivity contribution in [3.8, 4) is 5.75 Å². The summed E-state index contributed by atoms with van der Waals surface area (Å²) in [6.07, 6.45) is 1.24. The number of benzene rings is 2. The van der Waals surface area contributed by atoms with Crippen LogP contribution in [0.25, 0.3) is 0 Å². The van der Waals surface area contributed by atoms with Crippen LogP contribution >= 0.6 is 0 Å². The van der Waals surface area contributed by atoms with Crippen LogP contribution in [-0.2, 0) is 10.1 Å². The van der Waals surface area contributed by atoms with Gasteiger partial charge in [0.25, 0.3) is 0 Å². The van der Waals surface area contributed by atoms with Crippen molar-refractivity contribution in [2.75, 3.05) is 0 Å². The minimum Gasteiger partial charge on any atom is -0.378 e. The molecule has 0 unspecified atom stereocenters. The molecule has 0 radical (unpaired) electrons. The zero-order valence-corrected chi connectivity index (χ0v) is 12.2. The van der Waals surface area contributed by atoms with Crippen molar-refractivity contribution in [2.24, 2.45) is 10.8 Å². The van der Waals surface area contributed by atoms with Gasteiger partial charge in [0.2, 0.25) is 0 Å². The Hall–Kier alpha value is -2.87. The second-order valence-corrected chi connectivity index (χ2v) is 5.67. The minimum absolute atomic E-state index is 0.0389. The molecule has 7 nitrogen and oxygen atoms in total. The predicted octanol–water partition coefficient (Wildman–Crippen LogP) is 1.46. The second kappa shape index (κ2) is 6.72. The highest BCUT2D eigenvalue weighted by molar-refractivity contribution is 7.87. The monoisotopic (exact) mass is 319 g/mol. The Balaban J connectivity index is 2.27. The van der Waals surface area contributed by atoms with Crippen molar-refractivity contribution < 1.29 is 17.4 Å². The second-order valence-electron chi connectivity index (χ2n) is 4.12. The average Bonchev–Trinajstić information content (AvgIpc) is 2.49. The molecule has 0 aromatic heterocycles. The van der Waals surface area contributed by atoms with E-state index in [0.717, 1.165) is 0 Å². The molecule has 0 aliphatic heterocycles. The van der Waals surface area contributed by atoms with E-state index in [1.165, 1.54) is 24.4 Å². The van der Waals surface area contributed by atoms with Gasteiger partial charge in [0.05, 0.1) is 6.21 Å². The molecule has 22 heavy (non-hydrogen) atoms. The van der Waals surface area contributed by atoms with E-state index in [0.29, 0.717) is 5.56 Å². The third kappa shape index (κ3) is 4.06. The van der Waals surface area contributed by atoms with Gasteiger partial charge in [-0.15, -0.1) is 0 Å². The van der Waals surface area contributed by atoms with E-state index < -0.39 is 16.1 Å². The molecule has 2 aromatic rings. The van der Waals surface area contributed by atoms with Crippen LogP contribution in [0.15, 0.2) is 64.6 Å². The Bertz CT molecular complexity index is 789. The Kier molecular flexibility index (Phi) is 4.74. The molecular formula is C14H13N3O4S. The molecule has 0 fully saturated rings. The number of rotatable bonds is 5. The van der Waals surface area contributed by atoms with Crippen LogP contribution in [0.1, 0.15) is 5.56 Å². The lowest BCUT2D eigenvalue weighted by Crippen LogP contribution is -2.24. The van der Waals surface area contributed by atoms with E-state index in [-0.39, 0.29) is 10.6 Å². The molecule has 2 rings (SSSR count). The standard InChI is InChI=1S/C14H13N3O4S/c15-14(18)17-16-10-11-6-4-5-9-13(11)21-22(19,20)12-7-2-1-3-8-12/h1-10H,(H3,15,17,18)/b16-10+. The number of hydrogen-bond acceptors (Lipinski definition) is 5. The van der Waals surface area contributed by atoms with Gasteiger partial charge in [-0.3, -0.25) is 0 Å². The van der Waals surface area contributed by atoms with Crippen molar-refractivity contribution in [3.63, 3.8) is 0 Å². The van der Waals surface area contributed by atoms with Gasteiger partial charge in [0, 0.05) is 5.56 Å². The summed E-state index contributed by atoms with van der Waals surface area (Å²) in [5.41, 5.74) is 7.27. The van der Waals surface area contributed by atoms with E-state index in [1.807, 2.05) is 5.43 Å². The zero-order valence-electron chi connectivity index (χ0n) is 11.3. The number of urea groups is 1. The van der Waals surface area contributed by atoms with Gasteiger partial charge >= 0.3 is 16.1 Å². The SMILES string of the molecule is NC(=O)N/N=C/c1ccccc1OS(=O)(=O)c1ccccc1. The average molecular weight is 319 g/mol. The van der Waals surface area contributed by atoms with Gasteiger partial charge in [0.15, 0.2) is 5.75 Å². The lowest BCUT2D eigenvalue weighted by molar-refractivity contribution is 0.249. The molecule has 0 saturated heterocycles. The number of primary amides is 1. The van der Waals surface area contributed by atoms with E-state index in [1.54, 1.807) is 36.4 Å². The Morgan fingerprint density at radius 1 is 1.09 bits per heavy atom. The first-order valence-corrected chi connectivity index (χ1v) is 7.57. The maximum absolute atomic E-state index is 12.2. The predicted molar refractivity (Wildman–Crippen MR) is 81.0 cm³/mol. The maximum Gasteiger partial charge on any atom is 0.339 e. The first kappa shape index (κ1) is 15.5. The Morgan fingerprint density at radius 2 is 1.73 bits per heavy atom. The van der Waals surface area contributed by atoms with E-state index >= 15 is 0 Å². The first-order valence-electron chi connectivity index (χ1n) is 6.16. The molecule has 2 amide bonds. The van der Waals surface area contributed by atoms with Gasteiger partial charge in [-0.05, 0) is 24.3 Å². The third-order valence-corrected chi connectivity index (χ3v) is 3.78. The highest BCUT2D eigenvalue weighted by atomic mass is 32.2. The normalized spacial score (nSPS) is 11.3. The summed E-state index contributed by atoms with van der Waals surface area (Å²) in [6, 6.07) is 13.3. The highest BCUT2D eigenvalue weighted by Crippen LogP contribution is 2.21. The van der Waals surface area contributed by atoms with Crippen molar-refractivity contribution in [1.82, 2.24) is 5.43 Å². The van der Waals surface area contributed by atoms with Crippen LogP contribution in [0.5, 0.6) is 5.75 Å². The summed E-state index contributed by atoms with van der Waals surface area (Å²) in [6.45, 7) is 0. The van der Waals surface area contributed by atoms with Crippen LogP contribution in [0.2, 0.25) is 0 Å². The third-order valence-electron chi connectivity index (χ3n) is 2.53. The number of carbonyl (C=O) groups excluding carboxylic acids is 1. The molecular weight excluding hydrogens is 306 g/mol. The summed E-state index contributed by atoms with van der Waals surface area (Å²) in [7, 11) is -3.95. The number of nitrogens with zero attached hydrogens (tertiary/aromatic N) is 1. The Morgan fingerprint density at radius 3 is 2.41 bits per heavy atom. The topological polar surface area (TPSA) is 111 Å². The summed E-state index contributed by atoms with van der Waals surface area (Å²) in [4.78, 5) is 10.6. The summed E-state index contributed by atoms with van der Waals surface area (Å²) < 4.78 is 29.5. The van der Waals surface area contributed by atoms with Crippen molar-refractivity contribution >= 4 is 22.4 Å². The van der Waals surface area contributed by atoms with Crippen molar-refractivity contribution in [2.45, 2.75) is 4.90 Å². The van der Waals surface area contributed by atoms with E-state index in [4.69, 9.17) is 9.92 Å². The number of para-hydroxylation sites is 1. The van der Waals surface area contributed by atoms with Crippen LogP contribution in [0.4, 0.5) is 4.79 Å². The van der Waals surface area contributed by atoms with Gasteiger partial charge in [-0.2, -0.15) is 13.5 Å². The first-order chi connectivity index (χ1) is 10.5. The number of amides is 2. The molecule has 2 aromatic carbocycles. The highest BCUT2D eigenvalue weighted by Gasteiger charge is 2.17. The lowest BCUT2D eigenvalue weighted by atomic mass is 10.2. The molecule has 0 atom stereocenters. The number of carbonyl (C=O) groups is 1. The van der Waals surface area contributed by atoms with Gasteiger partial charge in [-0.25, -0.2) is 10.2 Å². The molecule has 0 aliphatic rings. The lowest BCUT2D eigenvalue weighted by Gasteiger charge is -2.09. The van der Waals surface area contributed by atoms with Crippen molar-refractivity contribution in [3.05, 3.63) is 60.2 Å². The van der Waals surface area contributed by atoms with Crippen molar-refractivity contribution in [1.29, 1.82) is 0 Å². The maximum atomic E-state index is 12.2. The summed E-state index contributed by atoms with van der Waals surface area (Å²) in [5.74, 6) is 0.0846. The van der Waals surface area contributed by atoms with Crippen LogP contribution < -0.4 is 15.3 Å². The molecule has 8 heteroatoms. The molecule has 0 bridgehead atoms. The smallest absolute Gasteiger partial charge is 0.339 e. The molecule has 0 aliphatic carbocycles. The van der Waals surface area contributed by atoms with Gasteiger partial charge in [0.1, 0.15) is 4.90 Å². The molecule has 114 valence electrons. The largest absolute Gasteiger partial charge is 0.378 e. The minimum atomic E-state index is -3.95. The molecule has 0 spiro atoms. The quantitative estimate of drug-likeness (QED) is 0.493. The molecule has 3 N–H and O–H groups in total. The summed E-state index contributed by atoms with van der Waals surface area (Å²) in [5, 5.41) is 3.58. The van der Waals surface area contributed by atoms with Crippen LogP contribution in [0.3, 0.4) is 0 Å². The fourth-order valence-electron chi connectivity index (χ4n) is 1.58.